The number of carbonyl (C=O) groups is 1. The lowest BCUT2D eigenvalue weighted by Crippen LogP contribution is -2.57. The lowest BCUT2D eigenvalue weighted by Gasteiger charge is -2.31. The van der Waals surface area contributed by atoms with Crippen LogP contribution < -0.4 is 5.32 Å². The molecule has 0 heterocycles. The van der Waals surface area contributed by atoms with E-state index in [-0.39, 0.29) is 6.04 Å². The maximum Gasteiger partial charge on any atom is 0.423 e. The molecule has 4 nitrogen and oxygen atoms in total. The number of hydrogen-bond acceptors (Lipinski definition) is 4. The average Bonchev–Trinajstić information content (AvgIpc) is 3.08. The van der Waals surface area contributed by atoms with Crippen molar-refractivity contribution in [3.05, 3.63) is 0 Å². The van der Waals surface area contributed by atoms with Crippen LogP contribution in [0.4, 0.5) is 26.3 Å². The van der Waals surface area contributed by atoms with Gasteiger partial charge in [-0.3, -0.25) is 5.32 Å². The number of alkyl halides is 6. The number of carbonyl (C=O) groups excluding carboxylic acids is 1. The van der Waals surface area contributed by atoms with E-state index < -0.39 is 36.6 Å². The van der Waals surface area contributed by atoms with Gasteiger partial charge >= 0.3 is 18.3 Å². The van der Waals surface area contributed by atoms with Crippen molar-refractivity contribution in [3.8, 4) is 0 Å². The fourth-order valence-corrected chi connectivity index (χ4v) is 1.69. The minimum atomic E-state index is -5.62. The minimum Gasteiger partial charge on any atom is -0.468 e. The highest BCUT2D eigenvalue weighted by molar-refractivity contribution is 5.80. The van der Waals surface area contributed by atoms with Gasteiger partial charge in [-0.25, -0.2) is 4.79 Å². The Kier molecular flexibility index (Phi) is 5.14. The Morgan fingerprint density at radius 1 is 1.19 bits per heavy atom. The molecule has 0 aliphatic heterocycles. The normalized spacial score (nSPS) is 19.5. The summed E-state index contributed by atoms with van der Waals surface area (Å²) in [6, 6.07) is -0.145. The van der Waals surface area contributed by atoms with Gasteiger partial charge in [-0.15, -0.1) is 0 Å². The Hall–Kier alpha value is -1.03. The molecule has 124 valence electrons. The standard InChI is InChI=1S/C11H15F6NO3/c1-9(8(19)20-2,18-6-3-4-6)5-21-7(10(12,13)14)11(15,16)17/h6-7,18H,3-5H2,1-2H3. The summed E-state index contributed by atoms with van der Waals surface area (Å²) in [5, 5.41) is 2.64. The summed E-state index contributed by atoms with van der Waals surface area (Å²) < 4.78 is 82.6. The summed E-state index contributed by atoms with van der Waals surface area (Å²) in [4.78, 5) is 11.6. The molecule has 21 heavy (non-hydrogen) atoms. The number of hydrogen-bond donors (Lipinski definition) is 1. The van der Waals surface area contributed by atoms with Crippen LogP contribution in [-0.2, 0) is 14.3 Å². The molecule has 0 saturated heterocycles. The van der Waals surface area contributed by atoms with E-state index in [0.29, 0.717) is 12.8 Å². The first kappa shape index (κ1) is 18.0. The Balaban J connectivity index is 2.80. The van der Waals surface area contributed by atoms with Gasteiger partial charge in [-0.2, -0.15) is 26.3 Å². The predicted molar refractivity (Wildman–Crippen MR) is 58.4 cm³/mol. The van der Waals surface area contributed by atoms with Gasteiger partial charge < -0.3 is 9.47 Å². The monoisotopic (exact) mass is 323 g/mol. The van der Waals surface area contributed by atoms with Gasteiger partial charge in [0.15, 0.2) is 0 Å². The van der Waals surface area contributed by atoms with Crippen LogP contribution in [0.2, 0.25) is 0 Å². The van der Waals surface area contributed by atoms with Crippen molar-refractivity contribution >= 4 is 5.97 Å². The quantitative estimate of drug-likeness (QED) is 0.601. The summed E-state index contributed by atoms with van der Waals surface area (Å²) in [5.41, 5.74) is -1.77. The molecule has 0 amide bonds. The fourth-order valence-electron chi connectivity index (χ4n) is 1.69. The second kappa shape index (κ2) is 5.99. The molecule has 1 aliphatic rings. The molecule has 1 rings (SSSR count). The number of methoxy groups -OCH3 is 1. The van der Waals surface area contributed by atoms with Crippen LogP contribution in [0.15, 0.2) is 0 Å². The van der Waals surface area contributed by atoms with Gasteiger partial charge in [-0.05, 0) is 19.8 Å². The predicted octanol–water partition coefficient (Wildman–Crippen LogP) is 2.18. The maximum atomic E-state index is 12.4. The summed E-state index contributed by atoms with van der Waals surface area (Å²) in [6.07, 6.45) is -13.8. The van der Waals surface area contributed by atoms with Crippen LogP contribution in [0, 0.1) is 0 Å². The average molecular weight is 323 g/mol. The molecule has 0 bridgehead atoms. The van der Waals surface area contributed by atoms with Crippen LogP contribution in [0.3, 0.4) is 0 Å². The van der Waals surface area contributed by atoms with Crippen molar-refractivity contribution in [2.45, 2.75) is 49.8 Å². The first-order valence-corrected chi connectivity index (χ1v) is 6.01. The lowest BCUT2D eigenvalue weighted by molar-refractivity contribution is -0.324. The third-order valence-corrected chi connectivity index (χ3v) is 2.87. The topological polar surface area (TPSA) is 47.6 Å². The Bertz CT molecular complexity index is 365. The van der Waals surface area contributed by atoms with Gasteiger partial charge in [0.05, 0.1) is 13.7 Å². The van der Waals surface area contributed by atoms with Crippen LogP contribution >= 0.6 is 0 Å². The van der Waals surface area contributed by atoms with Crippen LogP contribution in [-0.4, -0.2) is 49.7 Å². The number of nitrogens with one attached hydrogen (secondary N) is 1. The lowest BCUT2D eigenvalue weighted by atomic mass is 10.0. The van der Waals surface area contributed by atoms with Crippen molar-refractivity contribution in [3.63, 3.8) is 0 Å². The van der Waals surface area contributed by atoms with Gasteiger partial charge in [0.2, 0.25) is 6.10 Å². The molecule has 0 aromatic carbocycles. The van der Waals surface area contributed by atoms with Crippen LogP contribution in [0.25, 0.3) is 0 Å². The molecule has 1 N–H and O–H groups in total. The molecule has 10 heteroatoms. The highest BCUT2D eigenvalue weighted by Crippen LogP contribution is 2.36. The van der Waals surface area contributed by atoms with Crippen molar-refractivity contribution in [1.29, 1.82) is 0 Å². The molecular formula is C11H15F6NO3. The number of ether oxygens (including phenoxy) is 2. The van der Waals surface area contributed by atoms with E-state index in [9.17, 15) is 31.1 Å². The highest BCUT2D eigenvalue weighted by atomic mass is 19.4. The molecule has 1 aliphatic carbocycles. The van der Waals surface area contributed by atoms with Gasteiger partial charge in [-0.1, -0.05) is 0 Å². The molecule has 1 unspecified atom stereocenters. The van der Waals surface area contributed by atoms with Crippen LogP contribution in [0.5, 0.6) is 0 Å². The third kappa shape index (κ3) is 5.03. The Labute approximate surface area is 116 Å². The second-order valence-corrected chi connectivity index (χ2v) is 5.02. The van der Waals surface area contributed by atoms with Crippen molar-refractivity contribution in [1.82, 2.24) is 5.32 Å². The molecular weight excluding hydrogens is 308 g/mol. The third-order valence-electron chi connectivity index (χ3n) is 2.87. The first-order chi connectivity index (χ1) is 9.40. The molecule has 0 radical (unpaired) electrons. The van der Waals surface area contributed by atoms with E-state index in [1.54, 1.807) is 0 Å². The zero-order valence-corrected chi connectivity index (χ0v) is 11.3. The number of rotatable bonds is 6. The Morgan fingerprint density at radius 3 is 2.00 bits per heavy atom. The number of esters is 1. The van der Waals surface area contributed by atoms with Crippen molar-refractivity contribution < 1.29 is 40.6 Å². The summed E-state index contributed by atoms with van der Waals surface area (Å²) in [7, 11) is 0.986. The van der Waals surface area contributed by atoms with E-state index in [1.807, 2.05) is 0 Å². The fraction of sp³-hybridized carbons (Fsp3) is 0.909. The largest absolute Gasteiger partial charge is 0.468 e. The molecule has 0 spiro atoms. The van der Waals surface area contributed by atoms with Crippen molar-refractivity contribution in [2.75, 3.05) is 13.7 Å². The van der Waals surface area contributed by atoms with Gasteiger partial charge in [0.1, 0.15) is 5.54 Å². The smallest absolute Gasteiger partial charge is 0.423 e. The van der Waals surface area contributed by atoms with E-state index in [1.165, 1.54) is 0 Å². The van der Waals surface area contributed by atoms with E-state index in [2.05, 4.69) is 14.8 Å². The molecule has 1 atom stereocenters. The Morgan fingerprint density at radius 2 is 1.67 bits per heavy atom. The SMILES string of the molecule is COC(=O)C(C)(COC(C(F)(F)F)C(F)(F)F)NC1CC1. The van der Waals surface area contributed by atoms with Crippen molar-refractivity contribution in [2.24, 2.45) is 0 Å². The van der Waals surface area contributed by atoms with Gasteiger partial charge in [0, 0.05) is 6.04 Å². The minimum absolute atomic E-state index is 0.145. The zero-order valence-electron chi connectivity index (χ0n) is 11.3. The molecule has 0 aromatic rings. The number of halogens is 6. The van der Waals surface area contributed by atoms with E-state index in [0.717, 1.165) is 14.0 Å². The molecule has 0 aromatic heterocycles. The van der Waals surface area contributed by atoms with Crippen LogP contribution in [0.1, 0.15) is 19.8 Å². The highest BCUT2D eigenvalue weighted by Gasteiger charge is 2.59. The zero-order chi connectivity index (χ0) is 16.5. The summed E-state index contributed by atoms with van der Waals surface area (Å²) in [6.45, 7) is 0.0286. The molecule has 1 fully saturated rings. The van der Waals surface area contributed by atoms with Gasteiger partial charge in [0.25, 0.3) is 0 Å². The van der Waals surface area contributed by atoms with E-state index in [4.69, 9.17) is 0 Å². The van der Waals surface area contributed by atoms with E-state index >= 15 is 0 Å². The summed E-state index contributed by atoms with van der Waals surface area (Å²) in [5.74, 6) is -0.988. The first-order valence-electron chi connectivity index (χ1n) is 6.01. The maximum absolute atomic E-state index is 12.4. The summed E-state index contributed by atoms with van der Waals surface area (Å²) >= 11 is 0. The molecule has 1 saturated carbocycles. The second-order valence-electron chi connectivity index (χ2n) is 5.02.